The minimum atomic E-state index is -4.11. The number of anilines is 1. The molecule has 0 radical (unpaired) electrons. The summed E-state index contributed by atoms with van der Waals surface area (Å²) < 4.78 is 24.9. The first-order chi connectivity index (χ1) is 10.7. The Hall–Kier alpha value is -2.65. The maximum Gasteiger partial charge on any atom is 0.219 e. The Kier molecular flexibility index (Phi) is 3.27. The van der Waals surface area contributed by atoms with Gasteiger partial charge < -0.3 is 20.2 Å². The molecule has 0 amide bonds. The predicted molar refractivity (Wildman–Crippen MR) is 83.1 cm³/mol. The molecule has 1 aliphatic rings. The van der Waals surface area contributed by atoms with Gasteiger partial charge in [-0.1, -0.05) is 24.3 Å². The number of rotatable bonds is 3. The van der Waals surface area contributed by atoms with Crippen molar-refractivity contribution in [2.75, 3.05) is 5.73 Å². The number of carbonyl (C=O) groups is 1. The molecule has 0 aliphatic heterocycles. The predicted octanol–water partition coefficient (Wildman–Crippen LogP) is -1.11. The van der Waals surface area contributed by atoms with Crippen molar-refractivity contribution in [1.82, 2.24) is 9.55 Å². The highest BCUT2D eigenvalue weighted by Crippen LogP contribution is 2.34. The lowest BCUT2D eigenvalue weighted by molar-refractivity contribution is -0.299. The second-order valence-electron chi connectivity index (χ2n) is 5.19. The number of sulfonamides is 1. The van der Waals surface area contributed by atoms with Gasteiger partial charge in [-0.3, -0.25) is 0 Å². The molecule has 1 unspecified atom stereocenters. The van der Waals surface area contributed by atoms with Gasteiger partial charge in [0.05, 0.1) is 17.0 Å². The van der Waals surface area contributed by atoms with Crippen LogP contribution in [0.3, 0.4) is 0 Å². The fraction of sp³-hybridized carbons (Fsp3) is 0.143. The van der Waals surface area contributed by atoms with Crippen LogP contribution in [0.15, 0.2) is 35.9 Å². The maximum atomic E-state index is 11.6. The lowest BCUT2D eigenvalue weighted by Gasteiger charge is -2.15. The third kappa shape index (κ3) is 2.30. The zero-order valence-electron chi connectivity index (χ0n) is 12.1. The topological polar surface area (TPSA) is 144 Å². The summed E-state index contributed by atoms with van der Waals surface area (Å²) in [5.74, 6) is -1.34. The number of fused-ring (bicyclic) bond motifs is 1. The molecule has 0 bridgehead atoms. The summed E-state index contributed by atoms with van der Waals surface area (Å²) in [5.41, 5.74) is 7.21. The largest absolute Gasteiger partial charge is 0.545 e. The number of nitrogens with zero attached hydrogens (tertiary/aromatic N) is 2. The highest BCUT2D eigenvalue weighted by atomic mass is 32.2. The normalized spacial score (nSPS) is 18.1. The number of aliphatic carboxylic acids is 1. The SMILES string of the molecule is Cn1c(N)nc2c(C3=C(C(=O)[O-])C(S(N)(=O)=O)C=C3)cccc21. The van der Waals surface area contributed by atoms with Crippen LogP contribution in [0.5, 0.6) is 0 Å². The third-order valence-corrected chi connectivity index (χ3v) is 4.92. The Labute approximate surface area is 131 Å². The highest BCUT2D eigenvalue weighted by molar-refractivity contribution is 7.90. The Morgan fingerprint density at radius 1 is 1.39 bits per heavy atom. The Balaban J connectivity index is 2.33. The van der Waals surface area contributed by atoms with Crippen LogP contribution >= 0.6 is 0 Å². The van der Waals surface area contributed by atoms with Gasteiger partial charge in [0.15, 0.2) is 0 Å². The fourth-order valence-electron chi connectivity index (χ4n) is 2.71. The highest BCUT2D eigenvalue weighted by Gasteiger charge is 2.31. The van der Waals surface area contributed by atoms with Gasteiger partial charge in [-0.25, -0.2) is 18.5 Å². The quantitative estimate of drug-likeness (QED) is 0.728. The van der Waals surface area contributed by atoms with Gasteiger partial charge in [0.2, 0.25) is 16.0 Å². The van der Waals surface area contributed by atoms with Gasteiger partial charge in [0.25, 0.3) is 0 Å². The number of aromatic nitrogens is 2. The van der Waals surface area contributed by atoms with E-state index in [4.69, 9.17) is 10.9 Å². The summed E-state index contributed by atoms with van der Waals surface area (Å²) in [6.07, 6.45) is 2.63. The van der Waals surface area contributed by atoms with Crippen LogP contribution in [-0.2, 0) is 21.9 Å². The molecule has 2 aromatic rings. The molecule has 0 spiro atoms. The number of benzene rings is 1. The molecule has 8 nitrogen and oxygen atoms in total. The summed E-state index contributed by atoms with van der Waals surface area (Å²) in [7, 11) is -2.39. The first kappa shape index (κ1) is 15.3. The van der Waals surface area contributed by atoms with Gasteiger partial charge >= 0.3 is 0 Å². The van der Waals surface area contributed by atoms with Gasteiger partial charge in [0, 0.05) is 18.2 Å². The summed E-state index contributed by atoms with van der Waals surface area (Å²) in [5, 5.41) is 15.1. The van der Waals surface area contributed by atoms with E-state index in [1.165, 1.54) is 12.2 Å². The van der Waals surface area contributed by atoms with Crippen LogP contribution in [0.25, 0.3) is 16.6 Å². The zero-order valence-corrected chi connectivity index (χ0v) is 12.9. The molecular weight excluding hydrogens is 320 g/mol. The molecule has 4 N–H and O–H groups in total. The van der Waals surface area contributed by atoms with Gasteiger partial charge in [-0.05, 0) is 11.6 Å². The first-order valence-electron chi connectivity index (χ1n) is 6.58. The third-order valence-electron chi connectivity index (χ3n) is 3.82. The summed E-state index contributed by atoms with van der Waals surface area (Å²) in [4.78, 5) is 15.7. The van der Waals surface area contributed by atoms with Crippen molar-refractivity contribution in [2.24, 2.45) is 12.2 Å². The molecular formula is C14H13N4O4S-. The minimum Gasteiger partial charge on any atom is -0.545 e. The summed E-state index contributed by atoms with van der Waals surface area (Å²) in [6, 6.07) is 5.12. The van der Waals surface area contributed by atoms with E-state index in [1.54, 1.807) is 29.8 Å². The van der Waals surface area contributed by atoms with Gasteiger partial charge in [-0.15, -0.1) is 0 Å². The second-order valence-corrected chi connectivity index (χ2v) is 6.87. The van der Waals surface area contributed by atoms with Crippen molar-refractivity contribution < 1.29 is 18.3 Å². The molecule has 1 aromatic heterocycles. The second kappa shape index (κ2) is 4.93. The van der Waals surface area contributed by atoms with E-state index in [2.05, 4.69) is 4.98 Å². The van der Waals surface area contributed by atoms with E-state index < -0.39 is 26.8 Å². The number of nitrogens with two attached hydrogens (primary N) is 2. The average Bonchev–Trinajstić information content (AvgIpc) is 3.01. The number of allylic oxidation sites excluding steroid dienone is 2. The molecule has 0 fully saturated rings. The Bertz CT molecular complexity index is 1000. The van der Waals surface area contributed by atoms with Crippen LogP contribution in [0.1, 0.15) is 5.56 Å². The number of primary sulfonamides is 1. The maximum absolute atomic E-state index is 11.6. The molecule has 1 heterocycles. The van der Waals surface area contributed by atoms with E-state index in [9.17, 15) is 18.3 Å². The lowest BCUT2D eigenvalue weighted by Crippen LogP contribution is -2.36. The average molecular weight is 333 g/mol. The number of imidazole rings is 1. The van der Waals surface area contributed by atoms with Crippen molar-refractivity contribution in [3.8, 4) is 0 Å². The van der Waals surface area contributed by atoms with E-state index in [0.29, 0.717) is 16.6 Å². The van der Waals surface area contributed by atoms with Crippen LogP contribution in [0.2, 0.25) is 0 Å². The van der Waals surface area contributed by atoms with Crippen molar-refractivity contribution in [2.45, 2.75) is 5.25 Å². The van der Waals surface area contributed by atoms with Gasteiger partial charge in [0.1, 0.15) is 5.25 Å². The molecule has 1 aliphatic carbocycles. The summed E-state index contributed by atoms with van der Waals surface area (Å²) >= 11 is 0. The van der Waals surface area contributed by atoms with Gasteiger partial charge in [-0.2, -0.15) is 0 Å². The van der Waals surface area contributed by atoms with Crippen molar-refractivity contribution in [1.29, 1.82) is 0 Å². The molecule has 0 saturated carbocycles. The lowest BCUT2D eigenvalue weighted by atomic mass is 10.0. The Morgan fingerprint density at radius 3 is 2.70 bits per heavy atom. The van der Waals surface area contributed by atoms with Crippen LogP contribution in [-0.4, -0.2) is 29.2 Å². The van der Waals surface area contributed by atoms with E-state index >= 15 is 0 Å². The number of para-hydroxylation sites is 1. The summed E-state index contributed by atoms with van der Waals surface area (Å²) in [6.45, 7) is 0. The zero-order chi connectivity index (χ0) is 16.9. The van der Waals surface area contributed by atoms with Crippen molar-refractivity contribution in [3.05, 3.63) is 41.5 Å². The molecule has 1 atom stereocenters. The van der Waals surface area contributed by atoms with E-state index in [1.807, 2.05) is 0 Å². The first-order valence-corrected chi connectivity index (χ1v) is 8.19. The van der Waals surface area contributed by atoms with E-state index in [-0.39, 0.29) is 11.5 Å². The van der Waals surface area contributed by atoms with E-state index in [0.717, 1.165) is 0 Å². The van der Waals surface area contributed by atoms with Crippen LogP contribution < -0.4 is 16.0 Å². The van der Waals surface area contributed by atoms with Crippen LogP contribution in [0, 0.1) is 0 Å². The smallest absolute Gasteiger partial charge is 0.219 e. The number of aryl methyl sites for hydroxylation is 1. The molecule has 23 heavy (non-hydrogen) atoms. The fourth-order valence-corrected chi connectivity index (χ4v) is 3.56. The van der Waals surface area contributed by atoms with Crippen molar-refractivity contribution >= 4 is 38.5 Å². The molecule has 3 rings (SSSR count). The minimum absolute atomic E-state index is 0.202. The number of hydrogen-bond acceptors (Lipinski definition) is 6. The number of carboxylic acid groups (broad SMARTS) is 1. The Morgan fingerprint density at radius 2 is 2.09 bits per heavy atom. The molecule has 0 saturated heterocycles. The monoisotopic (exact) mass is 333 g/mol. The molecule has 120 valence electrons. The molecule has 9 heteroatoms. The number of carboxylic acids is 1. The van der Waals surface area contributed by atoms with Crippen molar-refractivity contribution in [3.63, 3.8) is 0 Å². The van der Waals surface area contributed by atoms with Crippen LogP contribution in [0.4, 0.5) is 5.95 Å². The standard InChI is InChI=1S/C14H14N4O4S/c1-18-9-4-2-3-8(12(9)17-14(18)15)7-5-6-10(23(16,21)22)11(7)13(19)20/h2-6,10H,1H3,(H2,15,17)(H,19,20)(H2,16,21,22)/p-1. The number of nitrogen functional groups attached to an aromatic ring is 1. The molecule has 1 aromatic carbocycles. The number of hydrogen-bond donors (Lipinski definition) is 2. The number of carbonyl (C=O) groups excluding carboxylic acids is 1.